The van der Waals surface area contributed by atoms with Crippen LogP contribution in [0.1, 0.15) is 42.6 Å². The maximum absolute atomic E-state index is 13.2. The predicted octanol–water partition coefficient (Wildman–Crippen LogP) is 2.23. The largest absolute Gasteiger partial charge is 0.480 e. The lowest BCUT2D eigenvalue weighted by Gasteiger charge is -2.32. The molecule has 2 fully saturated rings. The van der Waals surface area contributed by atoms with Gasteiger partial charge in [-0.2, -0.15) is 9.78 Å². The van der Waals surface area contributed by atoms with E-state index in [1.165, 1.54) is 41.3 Å². The number of carbonyl (C=O) groups excluding carboxylic acids is 1. The van der Waals surface area contributed by atoms with Crippen molar-refractivity contribution in [3.8, 4) is 5.69 Å². The summed E-state index contributed by atoms with van der Waals surface area (Å²) in [5.41, 5.74) is -0.135. The molecule has 28 heavy (non-hydrogen) atoms. The van der Waals surface area contributed by atoms with Crippen LogP contribution in [0.4, 0.5) is 4.39 Å². The highest BCUT2D eigenvalue weighted by atomic mass is 19.1. The van der Waals surface area contributed by atoms with E-state index in [1.54, 1.807) is 0 Å². The standard InChI is InChI=1S/C20H20FN3O4/c21-13-5-7-14(8-6-13)24-18(25)10-9-15(22-24)19(26)23-16-4-2-1-3-12(16)11-17(23)20(27)28/h5-10,12,16-17H,1-4,11H2,(H,27,28)/t12-,16-,17-/m0/s1. The number of carboxylic acid groups (broad SMARTS) is 1. The number of carbonyl (C=O) groups is 2. The zero-order valence-corrected chi connectivity index (χ0v) is 15.1. The molecule has 1 amide bonds. The van der Waals surface area contributed by atoms with E-state index in [9.17, 15) is 23.9 Å². The lowest BCUT2D eigenvalue weighted by molar-refractivity contribution is -0.141. The molecule has 8 heteroatoms. The molecule has 0 spiro atoms. The number of aromatic nitrogens is 2. The smallest absolute Gasteiger partial charge is 0.326 e. The number of aliphatic carboxylic acids is 1. The fourth-order valence-electron chi connectivity index (χ4n) is 4.40. The molecule has 1 saturated carbocycles. The van der Waals surface area contributed by atoms with Gasteiger partial charge in [-0.25, -0.2) is 9.18 Å². The molecule has 2 heterocycles. The maximum atomic E-state index is 13.2. The highest BCUT2D eigenvalue weighted by molar-refractivity contribution is 5.95. The Balaban J connectivity index is 1.71. The van der Waals surface area contributed by atoms with Crippen LogP contribution in [0.25, 0.3) is 5.69 Å². The normalized spacial score (nSPS) is 24.0. The number of hydrogen-bond acceptors (Lipinski definition) is 4. The summed E-state index contributed by atoms with van der Waals surface area (Å²) in [6, 6.07) is 6.73. The number of fused-ring (bicyclic) bond motifs is 1. The van der Waals surface area contributed by atoms with Crippen molar-refractivity contribution in [2.24, 2.45) is 5.92 Å². The van der Waals surface area contributed by atoms with Gasteiger partial charge in [-0.15, -0.1) is 0 Å². The molecule has 0 radical (unpaired) electrons. The predicted molar refractivity (Wildman–Crippen MR) is 97.7 cm³/mol. The van der Waals surface area contributed by atoms with Crippen molar-refractivity contribution in [2.75, 3.05) is 0 Å². The van der Waals surface area contributed by atoms with Gasteiger partial charge in [0.1, 0.15) is 17.6 Å². The van der Waals surface area contributed by atoms with Crippen LogP contribution >= 0.6 is 0 Å². The molecule has 0 unspecified atom stereocenters. The first kappa shape index (κ1) is 18.3. The fraction of sp³-hybridized carbons (Fsp3) is 0.400. The van der Waals surface area contributed by atoms with E-state index in [-0.39, 0.29) is 17.7 Å². The van der Waals surface area contributed by atoms with Crippen molar-refractivity contribution in [1.29, 1.82) is 0 Å². The van der Waals surface area contributed by atoms with Crippen molar-refractivity contribution in [1.82, 2.24) is 14.7 Å². The first-order valence-corrected chi connectivity index (χ1v) is 9.37. The monoisotopic (exact) mass is 385 g/mol. The van der Waals surface area contributed by atoms with Gasteiger partial charge in [-0.05, 0) is 55.5 Å². The molecule has 1 aliphatic heterocycles. The summed E-state index contributed by atoms with van der Waals surface area (Å²) in [6.07, 6.45) is 4.14. The Bertz CT molecular complexity index is 972. The molecule has 1 aromatic carbocycles. The summed E-state index contributed by atoms with van der Waals surface area (Å²) in [7, 11) is 0. The Morgan fingerprint density at radius 2 is 1.79 bits per heavy atom. The number of rotatable bonds is 3. The van der Waals surface area contributed by atoms with Gasteiger partial charge in [0.2, 0.25) is 0 Å². The Morgan fingerprint density at radius 3 is 2.50 bits per heavy atom. The van der Waals surface area contributed by atoms with Gasteiger partial charge in [0.15, 0.2) is 0 Å². The van der Waals surface area contributed by atoms with E-state index >= 15 is 0 Å². The van der Waals surface area contributed by atoms with E-state index in [1.807, 2.05) is 0 Å². The summed E-state index contributed by atoms with van der Waals surface area (Å²) >= 11 is 0. The lowest BCUT2D eigenvalue weighted by Crippen LogP contribution is -2.46. The molecule has 1 aliphatic carbocycles. The lowest BCUT2D eigenvalue weighted by atomic mass is 9.84. The Labute approximate surface area is 160 Å². The third kappa shape index (κ3) is 3.19. The third-order valence-electron chi connectivity index (χ3n) is 5.70. The van der Waals surface area contributed by atoms with Crippen molar-refractivity contribution in [3.05, 3.63) is 58.3 Å². The minimum absolute atomic E-state index is 0.00129. The van der Waals surface area contributed by atoms with Crippen molar-refractivity contribution >= 4 is 11.9 Å². The quantitative estimate of drug-likeness (QED) is 0.875. The van der Waals surface area contributed by atoms with Crippen molar-refractivity contribution in [3.63, 3.8) is 0 Å². The van der Waals surface area contributed by atoms with E-state index in [4.69, 9.17) is 0 Å². The van der Waals surface area contributed by atoms with Gasteiger partial charge in [0.05, 0.1) is 5.69 Å². The van der Waals surface area contributed by atoms with Gasteiger partial charge in [-0.1, -0.05) is 12.8 Å². The van der Waals surface area contributed by atoms with Crippen LogP contribution in [-0.2, 0) is 4.79 Å². The van der Waals surface area contributed by atoms with Crippen LogP contribution in [-0.4, -0.2) is 43.7 Å². The molecule has 7 nitrogen and oxygen atoms in total. The maximum Gasteiger partial charge on any atom is 0.326 e. The van der Waals surface area contributed by atoms with Gasteiger partial charge in [0, 0.05) is 12.1 Å². The molecule has 2 aliphatic rings. The summed E-state index contributed by atoms with van der Waals surface area (Å²) in [5.74, 6) is -1.78. The Hall–Kier alpha value is -3.03. The van der Waals surface area contributed by atoms with Crippen LogP contribution in [0.15, 0.2) is 41.2 Å². The summed E-state index contributed by atoms with van der Waals surface area (Å²) in [4.78, 5) is 38.6. The molecule has 146 valence electrons. The molecule has 1 aromatic heterocycles. The number of amides is 1. The number of carboxylic acids is 1. The van der Waals surface area contributed by atoms with Gasteiger partial charge in [0.25, 0.3) is 11.5 Å². The fourth-order valence-corrected chi connectivity index (χ4v) is 4.40. The van der Waals surface area contributed by atoms with Crippen LogP contribution in [0.2, 0.25) is 0 Å². The van der Waals surface area contributed by atoms with Crippen LogP contribution in [0, 0.1) is 11.7 Å². The van der Waals surface area contributed by atoms with Crippen LogP contribution < -0.4 is 5.56 Å². The second-order valence-corrected chi connectivity index (χ2v) is 7.36. The average molecular weight is 385 g/mol. The highest BCUT2D eigenvalue weighted by Crippen LogP contribution is 2.40. The zero-order chi connectivity index (χ0) is 19.8. The minimum Gasteiger partial charge on any atom is -0.480 e. The molecular formula is C20H20FN3O4. The summed E-state index contributed by atoms with van der Waals surface area (Å²) < 4.78 is 14.2. The average Bonchev–Trinajstić information content (AvgIpc) is 3.08. The van der Waals surface area contributed by atoms with E-state index in [0.29, 0.717) is 12.1 Å². The van der Waals surface area contributed by atoms with Crippen molar-refractivity contribution in [2.45, 2.75) is 44.2 Å². The number of benzene rings is 1. The van der Waals surface area contributed by atoms with Gasteiger partial charge >= 0.3 is 5.97 Å². The molecule has 4 rings (SSSR count). The third-order valence-corrected chi connectivity index (χ3v) is 5.70. The second kappa shape index (κ2) is 7.18. The van der Waals surface area contributed by atoms with E-state index in [2.05, 4.69) is 5.10 Å². The zero-order valence-electron chi connectivity index (χ0n) is 15.1. The van der Waals surface area contributed by atoms with Crippen LogP contribution in [0.3, 0.4) is 0 Å². The van der Waals surface area contributed by atoms with Crippen LogP contribution in [0.5, 0.6) is 0 Å². The first-order chi connectivity index (χ1) is 13.5. The first-order valence-electron chi connectivity index (χ1n) is 9.37. The Morgan fingerprint density at radius 1 is 1.07 bits per heavy atom. The molecule has 1 N–H and O–H groups in total. The molecule has 2 aromatic rings. The highest BCUT2D eigenvalue weighted by Gasteiger charge is 2.48. The molecule has 3 atom stereocenters. The van der Waals surface area contributed by atoms with Crippen molar-refractivity contribution < 1.29 is 19.1 Å². The van der Waals surface area contributed by atoms with E-state index in [0.717, 1.165) is 30.4 Å². The number of hydrogen-bond donors (Lipinski definition) is 1. The van der Waals surface area contributed by atoms with Gasteiger partial charge < -0.3 is 10.0 Å². The second-order valence-electron chi connectivity index (χ2n) is 7.36. The molecule has 0 bridgehead atoms. The van der Waals surface area contributed by atoms with E-state index < -0.39 is 29.3 Å². The topological polar surface area (TPSA) is 92.5 Å². The number of nitrogens with zero attached hydrogens (tertiary/aromatic N) is 3. The number of likely N-dealkylation sites (tertiary alicyclic amines) is 1. The van der Waals surface area contributed by atoms with Gasteiger partial charge in [-0.3, -0.25) is 9.59 Å². The number of halogens is 1. The summed E-state index contributed by atoms with van der Waals surface area (Å²) in [5, 5.41) is 13.8. The summed E-state index contributed by atoms with van der Waals surface area (Å²) in [6.45, 7) is 0. The molecular weight excluding hydrogens is 365 g/mol. The minimum atomic E-state index is -1.02. The molecule has 1 saturated heterocycles. The SMILES string of the molecule is O=C(O)[C@@H]1C[C@@H]2CCCC[C@@H]2N1C(=O)c1ccc(=O)n(-c2ccc(F)cc2)n1. The Kier molecular flexibility index (Phi) is 4.70.